The van der Waals surface area contributed by atoms with Gasteiger partial charge in [0.05, 0.1) is 6.54 Å². The molecule has 0 aliphatic heterocycles. The van der Waals surface area contributed by atoms with Gasteiger partial charge in [-0.05, 0) is 19.1 Å². The molecule has 1 aromatic rings. The molecule has 2 nitrogen and oxygen atoms in total. The van der Waals surface area contributed by atoms with Crippen molar-refractivity contribution in [1.29, 1.82) is 5.26 Å². The van der Waals surface area contributed by atoms with Crippen molar-refractivity contribution in [2.75, 3.05) is 0 Å². The zero-order valence-electron chi connectivity index (χ0n) is 6.29. The van der Waals surface area contributed by atoms with Gasteiger partial charge >= 0.3 is 0 Å². The minimum absolute atomic E-state index is 0.260. The van der Waals surface area contributed by atoms with Crippen molar-refractivity contribution in [1.82, 2.24) is 4.57 Å². The monoisotopic (exact) mass is 152 g/mol. The van der Waals surface area contributed by atoms with Gasteiger partial charge in [0.15, 0.2) is 0 Å². The Balaban J connectivity index is 2.79. The van der Waals surface area contributed by atoms with E-state index in [1.54, 1.807) is 22.9 Å². The van der Waals surface area contributed by atoms with E-state index in [1.807, 2.05) is 6.07 Å². The standard InChI is InChI=1S/C8H9FN2/c1-7(9)6-11-4-2-3-8(11)5-10/h2-4,7H,6H2,1H3. The molecule has 1 aromatic heterocycles. The van der Waals surface area contributed by atoms with E-state index in [1.165, 1.54) is 6.92 Å². The van der Waals surface area contributed by atoms with Crippen LogP contribution < -0.4 is 0 Å². The lowest BCUT2D eigenvalue weighted by Crippen LogP contribution is -2.07. The zero-order valence-corrected chi connectivity index (χ0v) is 6.29. The van der Waals surface area contributed by atoms with Crippen LogP contribution in [-0.4, -0.2) is 10.7 Å². The molecule has 0 saturated heterocycles. The van der Waals surface area contributed by atoms with Gasteiger partial charge in [-0.15, -0.1) is 0 Å². The first-order valence-electron chi connectivity index (χ1n) is 3.43. The summed E-state index contributed by atoms with van der Waals surface area (Å²) in [6.45, 7) is 1.73. The average molecular weight is 152 g/mol. The quantitative estimate of drug-likeness (QED) is 0.634. The Morgan fingerprint density at radius 1 is 1.82 bits per heavy atom. The first kappa shape index (κ1) is 7.80. The summed E-state index contributed by atoms with van der Waals surface area (Å²) in [7, 11) is 0. The van der Waals surface area contributed by atoms with Gasteiger partial charge in [0.2, 0.25) is 0 Å². The van der Waals surface area contributed by atoms with E-state index in [0.717, 1.165) is 0 Å². The maximum Gasteiger partial charge on any atom is 0.120 e. The second kappa shape index (κ2) is 3.20. The van der Waals surface area contributed by atoms with Crippen molar-refractivity contribution < 1.29 is 4.39 Å². The molecule has 0 saturated carbocycles. The fraction of sp³-hybridized carbons (Fsp3) is 0.375. The van der Waals surface area contributed by atoms with Gasteiger partial charge < -0.3 is 4.57 Å². The molecule has 11 heavy (non-hydrogen) atoms. The van der Waals surface area contributed by atoms with Gasteiger partial charge in [-0.2, -0.15) is 5.26 Å². The van der Waals surface area contributed by atoms with Crippen LogP contribution in [0.5, 0.6) is 0 Å². The molecule has 1 atom stereocenters. The topological polar surface area (TPSA) is 28.7 Å². The summed E-state index contributed by atoms with van der Waals surface area (Å²) < 4.78 is 14.1. The van der Waals surface area contributed by atoms with Crippen molar-refractivity contribution in [3.63, 3.8) is 0 Å². The number of halogens is 1. The van der Waals surface area contributed by atoms with E-state index in [0.29, 0.717) is 5.69 Å². The number of aromatic nitrogens is 1. The van der Waals surface area contributed by atoms with Crippen LogP contribution >= 0.6 is 0 Å². The third kappa shape index (κ3) is 1.81. The number of rotatable bonds is 2. The predicted molar refractivity (Wildman–Crippen MR) is 39.7 cm³/mol. The molecule has 0 aromatic carbocycles. The fourth-order valence-corrected chi connectivity index (χ4v) is 0.946. The molecule has 0 spiro atoms. The van der Waals surface area contributed by atoms with Gasteiger partial charge in [0, 0.05) is 6.20 Å². The lowest BCUT2D eigenvalue weighted by molar-refractivity contribution is 0.320. The normalized spacial score (nSPS) is 12.5. The highest BCUT2D eigenvalue weighted by atomic mass is 19.1. The predicted octanol–water partition coefficient (Wildman–Crippen LogP) is 1.72. The first-order valence-corrected chi connectivity index (χ1v) is 3.43. The smallest absolute Gasteiger partial charge is 0.120 e. The lowest BCUT2D eigenvalue weighted by atomic mass is 10.4. The van der Waals surface area contributed by atoms with Crippen molar-refractivity contribution in [3.05, 3.63) is 24.0 Å². The molecular weight excluding hydrogens is 143 g/mol. The molecule has 0 N–H and O–H groups in total. The highest BCUT2D eigenvalue weighted by Crippen LogP contribution is 2.03. The second-order valence-corrected chi connectivity index (χ2v) is 2.44. The first-order chi connectivity index (χ1) is 5.24. The summed E-state index contributed by atoms with van der Waals surface area (Å²) in [6, 6.07) is 5.38. The Labute approximate surface area is 64.9 Å². The van der Waals surface area contributed by atoms with Crippen LogP contribution in [0.3, 0.4) is 0 Å². The van der Waals surface area contributed by atoms with Crippen LogP contribution in [0.15, 0.2) is 18.3 Å². The van der Waals surface area contributed by atoms with Gasteiger partial charge in [-0.3, -0.25) is 0 Å². The van der Waals surface area contributed by atoms with E-state index >= 15 is 0 Å². The number of alkyl halides is 1. The zero-order chi connectivity index (χ0) is 8.27. The van der Waals surface area contributed by atoms with E-state index in [9.17, 15) is 4.39 Å². The number of nitriles is 1. The van der Waals surface area contributed by atoms with Crippen LogP contribution in [0.2, 0.25) is 0 Å². The SMILES string of the molecule is CC(F)Cn1cccc1C#N. The van der Waals surface area contributed by atoms with E-state index in [-0.39, 0.29) is 6.54 Å². The molecule has 3 heteroatoms. The van der Waals surface area contributed by atoms with Crippen molar-refractivity contribution in [2.24, 2.45) is 0 Å². The van der Waals surface area contributed by atoms with E-state index in [4.69, 9.17) is 5.26 Å². The van der Waals surface area contributed by atoms with Crippen LogP contribution in [0.25, 0.3) is 0 Å². The molecule has 0 bridgehead atoms. The molecular formula is C8H9FN2. The van der Waals surface area contributed by atoms with E-state index < -0.39 is 6.17 Å². The Morgan fingerprint density at radius 3 is 3.09 bits per heavy atom. The highest BCUT2D eigenvalue weighted by molar-refractivity contribution is 5.21. The van der Waals surface area contributed by atoms with Crippen LogP contribution in [0.4, 0.5) is 4.39 Å². The molecule has 0 radical (unpaired) electrons. The minimum atomic E-state index is -0.908. The molecule has 0 aliphatic rings. The minimum Gasteiger partial charge on any atom is -0.337 e. The van der Waals surface area contributed by atoms with Crippen LogP contribution in [0.1, 0.15) is 12.6 Å². The number of hydrogen-bond donors (Lipinski definition) is 0. The molecule has 0 aliphatic carbocycles. The number of nitrogens with zero attached hydrogens (tertiary/aromatic N) is 2. The molecule has 1 heterocycles. The Bertz CT molecular complexity index is 270. The molecule has 0 amide bonds. The number of hydrogen-bond acceptors (Lipinski definition) is 1. The molecule has 1 unspecified atom stereocenters. The van der Waals surface area contributed by atoms with Gasteiger partial charge in [0.25, 0.3) is 0 Å². The van der Waals surface area contributed by atoms with Crippen molar-refractivity contribution in [3.8, 4) is 6.07 Å². The summed E-state index contributed by atoms with van der Waals surface area (Å²) >= 11 is 0. The Kier molecular flexibility index (Phi) is 2.27. The second-order valence-electron chi connectivity index (χ2n) is 2.44. The maximum absolute atomic E-state index is 12.5. The van der Waals surface area contributed by atoms with Crippen LogP contribution in [-0.2, 0) is 6.54 Å². The van der Waals surface area contributed by atoms with Gasteiger partial charge in [-0.1, -0.05) is 0 Å². The maximum atomic E-state index is 12.5. The van der Waals surface area contributed by atoms with Gasteiger partial charge in [-0.25, -0.2) is 4.39 Å². The summed E-state index contributed by atoms with van der Waals surface area (Å²) in [5.41, 5.74) is 0.509. The summed E-state index contributed by atoms with van der Waals surface area (Å²) in [4.78, 5) is 0. The third-order valence-corrected chi connectivity index (χ3v) is 1.39. The van der Waals surface area contributed by atoms with Crippen molar-refractivity contribution >= 4 is 0 Å². The highest BCUT2D eigenvalue weighted by Gasteiger charge is 2.02. The molecule has 58 valence electrons. The summed E-state index contributed by atoms with van der Waals surface area (Å²) in [6.07, 6.45) is 0.795. The van der Waals surface area contributed by atoms with Crippen LogP contribution in [0, 0.1) is 11.3 Å². The van der Waals surface area contributed by atoms with Crippen molar-refractivity contribution in [2.45, 2.75) is 19.6 Å². The Hall–Kier alpha value is -1.30. The largest absolute Gasteiger partial charge is 0.337 e. The fourth-order valence-electron chi connectivity index (χ4n) is 0.946. The average Bonchev–Trinajstić information content (AvgIpc) is 2.34. The molecule has 1 rings (SSSR count). The lowest BCUT2D eigenvalue weighted by Gasteiger charge is -2.03. The van der Waals surface area contributed by atoms with Gasteiger partial charge in [0.1, 0.15) is 17.9 Å². The summed E-state index contributed by atoms with van der Waals surface area (Å²) in [5.74, 6) is 0. The third-order valence-electron chi connectivity index (χ3n) is 1.39. The van der Waals surface area contributed by atoms with E-state index in [2.05, 4.69) is 0 Å². The Morgan fingerprint density at radius 2 is 2.55 bits per heavy atom. The molecule has 0 fully saturated rings. The summed E-state index contributed by atoms with van der Waals surface area (Å²) in [5, 5.41) is 8.53.